The minimum Gasteiger partial charge on any atom is -0.507 e. The molecule has 0 spiro atoms. The van der Waals surface area contributed by atoms with Gasteiger partial charge in [-0.25, -0.2) is 0 Å². The fraction of sp³-hybridized carbons (Fsp3) is 0.385. The van der Waals surface area contributed by atoms with E-state index in [-0.39, 0.29) is 52.2 Å². The third-order valence-electron chi connectivity index (χ3n) is 7.58. The summed E-state index contributed by atoms with van der Waals surface area (Å²) in [4.78, 5) is 54.1. The van der Waals surface area contributed by atoms with Gasteiger partial charge in [0.05, 0.1) is 30.5 Å². The van der Waals surface area contributed by atoms with E-state index in [2.05, 4.69) is 15.9 Å². The summed E-state index contributed by atoms with van der Waals surface area (Å²) >= 11 is 3.20. The summed E-state index contributed by atoms with van der Waals surface area (Å²) in [5.74, 6) is -3.03. The number of amides is 2. The Morgan fingerprint density at radius 3 is 2.49 bits per heavy atom. The number of methoxy groups -OCH3 is 2. The van der Waals surface area contributed by atoms with Crippen LogP contribution in [0.2, 0.25) is 0 Å². The average molecular weight is 542 g/mol. The highest BCUT2D eigenvalue weighted by molar-refractivity contribution is 9.12. The van der Waals surface area contributed by atoms with Gasteiger partial charge in [0.2, 0.25) is 11.8 Å². The number of likely N-dealkylation sites (tertiary alicyclic amines) is 1. The first-order chi connectivity index (χ1) is 16.7. The van der Waals surface area contributed by atoms with Crippen LogP contribution < -0.4 is 9.47 Å². The molecule has 1 aromatic carbocycles. The molecule has 0 unspecified atom stereocenters. The molecule has 9 heteroatoms. The highest BCUT2D eigenvalue weighted by Crippen LogP contribution is 2.57. The van der Waals surface area contributed by atoms with Gasteiger partial charge in [0.15, 0.2) is 11.6 Å². The number of aromatic hydroxyl groups is 1. The lowest BCUT2D eigenvalue weighted by Crippen LogP contribution is -2.39. The quantitative estimate of drug-likeness (QED) is 0.354. The second-order valence-corrected chi connectivity index (χ2v) is 9.93. The molecule has 2 amide bonds. The number of halogens is 1. The molecular weight excluding hydrogens is 518 g/mol. The van der Waals surface area contributed by atoms with Crippen molar-refractivity contribution in [3.63, 3.8) is 0 Å². The Morgan fingerprint density at radius 1 is 1.09 bits per heavy atom. The highest BCUT2D eigenvalue weighted by atomic mass is 79.9. The smallest absolute Gasteiger partial charge is 0.233 e. The maximum atomic E-state index is 13.3. The number of imide groups is 1. The normalized spacial score (nSPS) is 27.8. The van der Waals surface area contributed by atoms with Gasteiger partial charge in [0.25, 0.3) is 0 Å². The van der Waals surface area contributed by atoms with E-state index in [1.54, 1.807) is 13.0 Å². The molecule has 0 bridgehead atoms. The number of hydrogen-bond acceptors (Lipinski definition) is 7. The molecule has 1 saturated heterocycles. The summed E-state index contributed by atoms with van der Waals surface area (Å²) < 4.78 is 11.0. The first-order valence-electron chi connectivity index (χ1n) is 11.4. The third-order valence-corrected chi connectivity index (χ3v) is 8.17. The van der Waals surface area contributed by atoms with Crippen molar-refractivity contribution in [1.29, 1.82) is 0 Å². The lowest BCUT2D eigenvalue weighted by Gasteiger charge is -2.42. The monoisotopic (exact) mass is 541 g/mol. The number of ketones is 2. The van der Waals surface area contributed by atoms with Gasteiger partial charge in [0, 0.05) is 47.4 Å². The van der Waals surface area contributed by atoms with Crippen molar-refractivity contribution in [3.8, 4) is 17.2 Å². The van der Waals surface area contributed by atoms with Crippen molar-refractivity contribution in [2.24, 2.45) is 17.8 Å². The number of fused-ring (bicyclic) bond motifs is 3. The SMILES string of the molecule is CCN1C(=O)[C@H]2[C@H](CC=C3[C@H](c4c(O)cc(OC)cc4OC)C4=C(C[C@H]32)C(=O)C(Br)=CC4=O)C1=O. The molecular formula is C26H24BrNO7. The minimum absolute atomic E-state index is 0.148. The Morgan fingerprint density at radius 2 is 1.83 bits per heavy atom. The third kappa shape index (κ3) is 3.31. The molecule has 5 rings (SSSR count). The molecule has 1 fully saturated rings. The first kappa shape index (κ1) is 23.5. The molecule has 35 heavy (non-hydrogen) atoms. The van der Waals surface area contributed by atoms with Crippen molar-refractivity contribution >= 4 is 39.3 Å². The highest BCUT2D eigenvalue weighted by Gasteiger charge is 2.56. The molecule has 1 aromatic rings. The van der Waals surface area contributed by atoms with E-state index in [1.807, 2.05) is 6.08 Å². The maximum absolute atomic E-state index is 13.3. The predicted octanol–water partition coefficient (Wildman–Crippen LogP) is 3.19. The Labute approximate surface area is 210 Å². The van der Waals surface area contributed by atoms with Gasteiger partial charge >= 0.3 is 0 Å². The number of ether oxygens (including phenoxy) is 2. The van der Waals surface area contributed by atoms with Crippen LogP contribution in [0.15, 0.2) is 45.5 Å². The summed E-state index contributed by atoms with van der Waals surface area (Å²) in [6.07, 6.45) is 3.66. The number of nitrogens with zero attached hydrogens (tertiary/aromatic N) is 1. The predicted molar refractivity (Wildman–Crippen MR) is 128 cm³/mol. The van der Waals surface area contributed by atoms with Gasteiger partial charge in [-0.05, 0) is 41.6 Å². The number of hydrogen-bond donors (Lipinski definition) is 1. The van der Waals surface area contributed by atoms with Crippen molar-refractivity contribution in [3.05, 3.63) is 51.0 Å². The zero-order valence-electron chi connectivity index (χ0n) is 19.5. The lowest BCUT2D eigenvalue weighted by molar-refractivity contribution is -0.139. The summed E-state index contributed by atoms with van der Waals surface area (Å²) in [5, 5.41) is 11.1. The summed E-state index contributed by atoms with van der Waals surface area (Å²) in [6, 6.07) is 3.03. The van der Waals surface area contributed by atoms with Crippen LogP contribution in [0.1, 0.15) is 31.2 Å². The molecule has 0 aromatic heterocycles. The van der Waals surface area contributed by atoms with Crippen molar-refractivity contribution in [1.82, 2.24) is 4.90 Å². The lowest BCUT2D eigenvalue weighted by atomic mass is 9.59. The number of benzene rings is 1. The number of rotatable bonds is 4. The number of carbonyl (C=O) groups is 4. The number of Topliss-reactive ketones (excluding diaryl/α,β-unsaturated/α-hetero) is 1. The van der Waals surface area contributed by atoms with Gasteiger partial charge in [-0.2, -0.15) is 0 Å². The van der Waals surface area contributed by atoms with E-state index >= 15 is 0 Å². The van der Waals surface area contributed by atoms with Crippen molar-refractivity contribution in [2.45, 2.75) is 25.7 Å². The number of allylic oxidation sites excluding steroid dienone is 6. The Hall–Kier alpha value is -3.20. The van der Waals surface area contributed by atoms with Crippen molar-refractivity contribution < 1.29 is 33.8 Å². The second kappa shape index (κ2) is 8.48. The molecule has 1 N–H and O–H groups in total. The zero-order chi connectivity index (χ0) is 25.2. The Bertz CT molecular complexity index is 1290. The molecule has 4 aliphatic rings. The molecule has 182 valence electrons. The summed E-state index contributed by atoms with van der Waals surface area (Å²) in [6.45, 7) is 2.04. The fourth-order valence-electron chi connectivity index (χ4n) is 6.08. The molecule has 0 radical (unpaired) electrons. The summed E-state index contributed by atoms with van der Waals surface area (Å²) in [5.41, 5.74) is 1.63. The number of carbonyl (C=O) groups excluding carboxylic acids is 4. The van der Waals surface area contributed by atoms with Crippen LogP contribution >= 0.6 is 15.9 Å². The van der Waals surface area contributed by atoms with Gasteiger partial charge in [-0.1, -0.05) is 11.6 Å². The summed E-state index contributed by atoms with van der Waals surface area (Å²) in [7, 11) is 2.91. The number of phenolic OH excluding ortho intramolecular Hbond substituents is 1. The van der Waals surface area contributed by atoms with E-state index in [0.717, 1.165) is 5.57 Å². The molecule has 4 atom stereocenters. The molecule has 0 saturated carbocycles. The van der Waals surface area contributed by atoms with Gasteiger partial charge in [-0.3, -0.25) is 24.1 Å². The van der Waals surface area contributed by atoms with Crippen LogP contribution in [-0.4, -0.2) is 54.2 Å². The molecule has 8 nitrogen and oxygen atoms in total. The van der Waals surface area contributed by atoms with E-state index < -0.39 is 23.7 Å². The van der Waals surface area contributed by atoms with E-state index in [1.165, 1.54) is 31.3 Å². The zero-order valence-corrected chi connectivity index (χ0v) is 21.0. The van der Waals surface area contributed by atoms with E-state index in [0.29, 0.717) is 29.1 Å². The standard InChI is InChI=1S/C26H24BrNO7/c1-4-28-25(32)13-6-5-12-14(20(13)26(28)33)9-15-21(18(30)10-16(27)24(15)31)22(12)23-17(29)7-11(34-2)8-19(23)35-3/h5,7-8,10,13-14,20,22,29H,4,6,9H2,1-3H3/t13-,14+,20-,22-/m0/s1. The van der Waals surface area contributed by atoms with E-state index in [4.69, 9.17) is 9.47 Å². The molecule has 3 aliphatic carbocycles. The van der Waals surface area contributed by atoms with Gasteiger partial charge < -0.3 is 14.6 Å². The van der Waals surface area contributed by atoms with E-state index in [9.17, 15) is 24.3 Å². The molecule has 1 aliphatic heterocycles. The second-order valence-electron chi connectivity index (χ2n) is 9.08. The minimum atomic E-state index is -0.808. The number of phenols is 1. The largest absolute Gasteiger partial charge is 0.507 e. The van der Waals surface area contributed by atoms with Crippen LogP contribution in [0.3, 0.4) is 0 Å². The topological polar surface area (TPSA) is 110 Å². The molecule has 1 heterocycles. The van der Waals surface area contributed by atoms with Crippen LogP contribution in [0, 0.1) is 17.8 Å². The van der Waals surface area contributed by atoms with Gasteiger partial charge in [-0.15, -0.1) is 0 Å². The van der Waals surface area contributed by atoms with Crippen LogP contribution in [-0.2, 0) is 19.2 Å². The van der Waals surface area contributed by atoms with Crippen LogP contribution in [0.5, 0.6) is 17.2 Å². The Balaban J connectivity index is 1.75. The first-order valence-corrected chi connectivity index (χ1v) is 12.2. The van der Waals surface area contributed by atoms with Crippen molar-refractivity contribution in [2.75, 3.05) is 20.8 Å². The van der Waals surface area contributed by atoms with Gasteiger partial charge in [0.1, 0.15) is 17.2 Å². The van der Waals surface area contributed by atoms with Crippen LogP contribution in [0.4, 0.5) is 0 Å². The Kier molecular flexibility index (Phi) is 5.70. The average Bonchev–Trinajstić information content (AvgIpc) is 3.10. The maximum Gasteiger partial charge on any atom is 0.233 e. The van der Waals surface area contributed by atoms with Crippen LogP contribution in [0.25, 0.3) is 0 Å². The fourth-order valence-corrected chi connectivity index (χ4v) is 6.53.